The molecule has 1 aromatic rings. The molecule has 0 aliphatic carbocycles. The Morgan fingerprint density at radius 2 is 1.76 bits per heavy atom. The molecule has 0 radical (unpaired) electrons. The van der Waals surface area contributed by atoms with E-state index in [4.69, 9.17) is 4.74 Å². The summed E-state index contributed by atoms with van der Waals surface area (Å²) in [6.07, 6.45) is 0.0103. The highest BCUT2D eigenvalue weighted by Gasteiger charge is 2.59. The minimum absolute atomic E-state index is 0.0103. The summed E-state index contributed by atoms with van der Waals surface area (Å²) in [5.74, 6) is -1.94. The van der Waals surface area contributed by atoms with E-state index < -0.39 is 34.9 Å². The first kappa shape index (κ1) is 19.0. The Kier molecular flexibility index (Phi) is 4.93. The van der Waals surface area contributed by atoms with Crippen LogP contribution in [0.15, 0.2) is 30.3 Å². The lowest BCUT2D eigenvalue weighted by atomic mass is 9.78. The molecule has 6 nitrogen and oxygen atoms in total. The van der Waals surface area contributed by atoms with Gasteiger partial charge in [0.2, 0.25) is 5.91 Å². The van der Waals surface area contributed by atoms with E-state index in [-0.39, 0.29) is 12.3 Å². The largest absolute Gasteiger partial charge is 0.480 e. The molecular formula is C19H25NO5. The number of carbonyl (C=O) groups excluding carboxylic acids is 2. The Morgan fingerprint density at radius 1 is 1.20 bits per heavy atom. The summed E-state index contributed by atoms with van der Waals surface area (Å²) >= 11 is 0. The van der Waals surface area contributed by atoms with Crippen molar-refractivity contribution < 1.29 is 24.2 Å². The Hall–Kier alpha value is -2.37. The molecule has 0 aromatic heterocycles. The summed E-state index contributed by atoms with van der Waals surface area (Å²) in [7, 11) is 1.28. The zero-order valence-corrected chi connectivity index (χ0v) is 15.3. The summed E-state index contributed by atoms with van der Waals surface area (Å²) < 4.78 is 4.96. The monoisotopic (exact) mass is 347 g/mol. The van der Waals surface area contributed by atoms with Crippen LogP contribution in [-0.4, -0.2) is 41.0 Å². The zero-order chi connectivity index (χ0) is 19.0. The average molecular weight is 347 g/mol. The number of amides is 1. The summed E-state index contributed by atoms with van der Waals surface area (Å²) in [6, 6.07) is 7.27. The third-order valence-corrected chi connectivity index (χ3v) is 4.76. The van der Waals surface area contributed by atoms with Crippen molar-refractivity contribution in [2.45, 2.75) is 46.2 Å². The lowest BCUT2D eigenvalue weighted by Crippen LogP contribution is -2.48. The average Bonchev–Trinajstić information content (AvgIpc) is 2.88. The van der Waals surface area contributed by atoms with E-state index >= 15 is 0 Å². The Balaban J connectivity index is 2.67. The van der Waals surface area contributed by atoms with Crippen molar-refractivity contribution in [1.29, 1.82) is 0 Å². The minimum atomic E-state index is -1.14. The van der Waals surface area contributed by atoms with Crippen LogP contribution in [0.4, 0.5) is 0 Å². The number of methoxy groups -OCH3 is 1. The minimum Gasteiger partial charge on any atom is -0.480 e. The highest BCUT2D eigenvalue weighted by atomic mass is 16.5. The number of carbonyl (C=O) groups is 3. The number of nitrogens with zero attached hydrogens (tertiary/aromatic N) is 1. The van der Waals surface area contributed by atoms with Gasteiger partial charge in [-0.2, -0.15) is 0 Å². The van der Waals surface area contributed by atoms with Gasteiger partial charge in [-0.25, -0.2) is 4.79 Å². The summed E-state index contributed by atoms with van der Waals surface area (Å²) in [6.45, 7) is 6.89. The van der Waals surface area contributed by atoms with Crippen molar-refractivity contribution in [3.05, 3.63) is 35.9 Å². The van der Waals surface area contributed by atoms with E-state index in [1.807, 2.05) is 6.07 Å². The number of ether oxygens (including phenoxy) is 1. The van der Waals surface area contributed by atoms with Gasteiger partial charge < -0.3 is 14.7 Å². The van der Waals surface area contributed by atoms with Gasteiger partial charge in [0.1, 0.15) is 6.04 Å². The molecule has 136 valence electrons. The van der Waals surface area contributed by atoms with E-state index in [0.717, 1.165) is 5.56 Å². The molecule has 6 heteroatoms. The molecule has 1 amide bonds. The number of hydrogen-bond acceptors (Lipinski definition) is 4. The predicted octanol–water partition coefficient (Wildman–Crippen LogP) is 2.64. The van der Waals surface area contributed by atoms with Crippen LogP contribution in [0.2, 0.25) is 0 Å². The molecule has 1 heterocycles. The molecule has 1 aliphatic rings. The number of carboxylic acid groups (broad SMARTS) is 1. The normalized spacial score (nSPS) is 26.4. The van der Waals surface area contributed by atoms with Crippen LogP contribution in [0, 0.1) is 10.8 Å². The third-order valence-electron chi connectivity index (χ3n) is 4.76. The van der Waals surface area contributed by atoms with Gasteiger partial charge in [0, 0.05) is 5.41 Å². The number of esters is 1. The van der Waals surface area contributed by atoms with Gasteiger partial charge in [0.15, 0.2) is 0 Å². The Bertz CT molecular complexity index is 679. The number of carboxylic acids is 1. The van der Waals surface area contributed by atoms with Crippen LogP contribution in [0.1, 0.15) is 45.7 Å². The van der Waals surface area contributed by atoms with Gasteiger partial charge in [0.05, 0.1) is 18.6 Å². The highest BCUT2D eigenvalue weighted by molar-refractivity contribution is 5.91. The second kappa shape index (κ2) is 6.50. The lowest BCUT2D eigenvalue weighted by molar-refractivity contribution is -0.157. The molecule has 0 unspecified atom stereocenters. The first-order chi connectivity index (χ1) is 11.5. The molecule has 1 fully saturated rings. The van der Waals surface area contributed by atoms with Crippen LogP contribution in [0.25, 0.3) is 0 Å². The molecule has 0 bridgehead atoms. The second-order valence-corrected chi connectivity index (χ2v) is 7.74. The molecule has 1 aromatic carbocycles. The first-order valence-electron chi connectivity index (χ1n) is 8.23. The van der Waals surface area contributed by atoms with Crippen molar-refractivity contribution >= 4 is 17.8 Å². The van der Waals surface area contributed by atoms with Gasteiger partial charge in [-0.1, -0.05) is 51.1 Å². The van der Waals surface area contributed by atoms with Crippen LogP contribution in [-0.2, 0) is 19.1 Å². The van der Waals surface area contributed by atoms with Gasteiger partial charge >= 0.3 is 11.9 Å². The van der Waals surface area contributed by atoms with Gasteiger partial charge in [-0.3, -0.25) is 9.59 Å². The van der Waals surface area contributed by atoms with E-state index in [1.54, 1.807) is 52.0 Å². The topological polar surface area (TPSA) is 83.9 Å². The molecule has 3 atom stereocenters. The van der Waals surface area contributed by atoms with E-state index in [0.29, 0.717) is 0 Å². The first-order valence-corrected chi connectivity index (χ1v) is 8.23. The van der Waals surface area contributed by atoms with Crippen LogP contribution >= 0.6 is 0 Å². The predicted molar refractivity (Wildman–Crippen MR) is 91.6 cm³/mol. The number of benzene rings is 1. The van der Waals surface area contributed by atoms with Crippen molar-refractivity contribution in [1.82, 2.24) is 4.90 Å². The van der Waals surface area contributed by atoms with Gasteiger partial charge in [-0.15, -0.1) is 0 Å². The molecule has 1 N–H and O–H groups in total. The second-order valence-electron chi connectivity index (χ2n) is 7.74. The smallest absolute Gasteiger partial charge is 0.326 e. The van der Waals surface area contributed by atoms with Crippen molar-refractivity contribution in [3.63, 3.8) is 0 Å². The standard InChI is InChI=1S/C19H25NO5/c1-18(2,3)16(23)20-13(15(21)22)11-19(4,17(24)25-5)14(20)12-9-7-6-8-10-12/h6-10,13-14H,11H2,1-5H3,(H,21,22)/t13-,14-,19-/m1/s1. The van der Waals surface area contributed by atoms with Crippen molar-refractivity contribution in [3.8, 4) is 0 Å². The number of likely N-dealkylation sites (tertiary alicyclic amines) is 1. The Labute approximate surface area is 147 Å². The lowest BCUT2D eigenvalue weighted by Gasteiger charge is -2.37. The quantitative estimate of drug-likeness (QED) is 0.850. The van der Waals surface area contributed by atoms with Crippen LogP contribution in [0.5, 0.6) is 0 Å². The van der Waals surface area contributed by atoms with Crippen LogP contribution < -0.4 is 0 Å². The van der Waals surface area contributed by atoms with Crippen molar-refractivity contribution in [2.24, 2.45) is 10.8 Å². The van der Waals surface area contributed by atoms with Gasteiger partial charge in [-0.05, 0) is 18.9 Å². The maximum Gasteiger partial charge on any atom is 0.326 e. The maximum atomic E-state index is 13.1. The Morgan fingerprint density at radius 3 is 2.20 bits per heavy atom. The van der Waals surface area contributed by atoms with Gasteiger partial charge in [0.25, 0.3) is 0 Å². The third kappa shape index (κ3) is 3.25. The molecule has 1 aliphatic heterocycles. The highest BCUT2D eigenvalue weighted by Crippen LogP contribution is 2.52. The number of hydrogen-bond donors (Lipinski definition) is 1. The molecule has 0 saturated carbocycles. The summed E-state index contributed by atoms with van der Waals surface area (Å²) in [5.41, 5.74) is -1.20. The molecule has 0 spiro atoms. The molecule has 1 saturated heterocycles. The van der Waals surface area contributed by atoms with E-state index in [1.165, 1.54) is 12.0 Å². The van der Waals surface area contributed by atoms with Crippen molar-refractivity contribution in [2.75, 3.05) is 7.11 Å². The number of rotatable bonds is 3. The van der Waals surface area contributed by atoms with E-state index in [2.05, 4.69) is 0 Å². The van der Waals surface area contributed by atoms with Crippen LogP contribution in [0.3, 0.4) is 0 Å². The SMILES string of the molecule is COC(=O)[C@]1(C)C[C@H](C(=O)O)N(C(=O)C(C)(C)C)[C@@H]1c1ccccc1. The number of aliphatic carboxylic acids is 1. The maximum absolute atomic E-state index is 13.1. The molecular weight excluding hydrogens is 322 g/mol. The zero-order valence-electron chi connectivity index (χ0n) is 15.3. The fraction of sp³-hybridized carbons (Fsp3) is 0.526. The fourth-order valence-corrected chi connectivity index (χ4v) is 3.54. The molecule has 25 heavy (non-hydrogen) atoms. The van der Waals surface area contributed by atoms with E-state index in [9.17, 15) is 19.5 Å². The summed E-state index contributed by atoms with van der Waals surface area (Å²) in [5, 5.41) is 9.70. The fourth-order valence-electron chi connectivity index (χ4n) is 3.54. The molecule has 2 rings (SSSR count). The summed E-state index contributed by atoms with van der Waals surface area (Å²) in [4.78, 5) is 38.9.